The third-order valence-corrected chi connectivity index (χ3v) is 3.27. The van der Waals surface area contributed by atoms with Gasteiger partial charge >= 0.3 is 0 Å². The molecule has 1 unspecified atom stereocenters. The quantitative estimate of drug-likeness (QED) is 0.924. The molecule has 0 aliphatic carbocycles. The number of amides is 1. The summed E-state index contributed by atoms with van der Waals surface area (Å²) in [6.07, 6.45) is 0.881. The zero-order valence-electron chi connectivity index (χ0n) is 10.8. The average Bonchev–Trinajstić information content (AvgIpc) is 2.81. The van der Waals surface area contributed by atoms with Crippen LogP contribution in [0, 0.1) is 0 Å². The van der Waals surface area contributed by atoms with Gasteiger partial charge in [0, 0.05) is 13.0 Å². The third-order valence-electron chi connectivity index (χ3n) is 2.96. The molecular formula is C13H18Cl2N2O2. The molecule has 1 aromatic carbocycles. The van der Waals surface area contributed by atoms with E-state index in [0.29, 0.717) is 23.9 Å². The van der Waals surface area contributed by atoms with Crippen LogP contribution in [-0.4, -0.2) is 43.6 Å². The van der Waals surface area contributed by atoms with E-state index in [1.807, 2.05) is 23.1 Å². The van der Waals surface area contributed by atoms with Gasteiger partial charge in [-0.15, -0.1) is 12.4 Å². The van der Waals surface area contributed by atoms with Gasteiger partial charge in [-0.25, -0.2) is 0 Å². The van der Waals surface area contributed by atoms with Crippen molar-refractivity contribution in [1.82, 2.24) is 10.2 Å². The van der Waals surface area contributed by atoms with Crippen LogP contribution >= 0.6 is 24.0 Å². The van der Waals surface area contributed by atoms with E-state index in [9.17, 15) is 4.79 Å². The highest BCUT2D eigenvalue weighted by Gasteiger charge is 2.27. The van der Waals surface area contributed by atoms with Gasteiger partial charge in [0.2, 0.25) is 5.91 Å². The van der Waals surface area contributed by atoms with E-state index in [0.717, 1.165) is 13.0 Å². The first-order valence-corrected chi connectivity index (χ1v) is 6.42. The first-order chi connectivity index (χ1) is 8.70. The zero-order valence-corrected chi connectivity index (χ0v) is 12.3. The van der Waals surface area contributed by atoms with E-state index in [4.69, 9.17) is 16.3 Å². The van der Waals surface area contributed by atoms with Crippen LogP contribution in [-0.2, 0) is 4.79 Å². The standard InChI is InChI=1S/C13H17ClN2O2.ClH/c1-15-8-13(17)16-7-6-10(9-16)18-12-5-3-2-4-11(12)14;/h2-5,10,15H,6-9H2,1H3;1H. The summed E-state index contributed by atoms with van der Waals surface area (Å²) in [5.74, 6) is 0.801. The van der Waals surface area contributed by atoms with Gasteiger partial charge in [0.15, 0.2) is 0 Å². The summed E-state index contributed by atoms with van der Waals surface area (Å²) in [4.78, 5) is 13.5. The van der Waals surface area contributed by atoms with Gasteiger partial charge in [-0.1, -0.05) is 23.7 Å². The molecule has 1 atom stereocenters. The predicted octanol–water partition coefficient (Wildman–Crippen LogP) is 1.96. The van der Waals surface area contributed by atoms with E-state index in [1.165, 1.54) is 0 Å². The number of rotatable bonds is 4. The van der Waals surface area contributed by atoms with Crippen molar-refractivity contribution in [3.05, 3.63) is 29.3 Å². The molecule has 19 heavy (non-hydrogen) atoms. The molecule has 1 aliphatic heterocycles. The van der Waals surface area contributed by atoms with E-state index in [1.54, 1.807) is 13.1 Å². The number of hydrogen-bond donors (Lipinski definition) is 1. The number of nitrogens with one attached hydrogen (secondary N) is 1. The molecule has 0 saturated carbocycles. The smallest absolute Gasteiger partial charge is 0.236 e. The van der Waals surface area contributed by atoms with Gasteiger partial charge in [-0.05, 0) is 19.2 Å². The SMILES string of the molecule is CNCC(=O)N1CCC(Oc2ccccc2Cl)C1.Cl. The predicted molar refractivity (Wildman–Crippen MR) is 78.2 cm³/mol. The van der Waals surface area contributed by atoms with Crippen molar-refractivity contribution < 1.29 is 9.53 Å². The molecule has 1 amide bonds. The molecule has 106 valence electrons. The summed E-state index contributed by atoms with van der Waals surface area (Å²) in [6, 6.07) is 7.41. The lowest BCUT2D eigenvalue weighted by Crippen LogP contribution is -2.36. The van der Waals surface area contributed by atoms with Gasteiger partial charge < -0.3 is 15.0 Å². The third kappa shape index (κ3) is 4.27. The lowest BCUT2D eigenvalue weighted by atomic mass is 10.3. The summed E-state index contributed by atoms with van der Waals surface area (Å²) in [7, 11) is 1.77. The van der Waals surface area contributed by atoms with Crippen molar-refractivity contribution >= 4 is 29.9 Å². The largest absolute Gasteiger partial charge is 0.487 e. The molecule has 4 nitrogen and oxygen atoms in total. The maximum absolute atomic E-state index is 11.7. The number of para-hydroxylation sites is 1. The van der Waals surface area contributed by atoms with Crippen LogP contribution in [0.2, 0.25) is 5.02 Å². The fourth-order valence-electron chi connectivity index (χ4n) is 2.03. The van der Waals surface area contributed by atoms with Crippen LogP contribution in [0.25, 0.3) is 0 Å². The fourth-order valence-corrected chi connectivity index (χ4v) is 2.21. The Balaban J connectivity index is 0.00000180. The van der Waals surface area contributed by atoms with Crippen LogP contribution in [0.4, 0.5) is 0 Å². The van der Waals surface area contributed by atoms with E-state index in [-0.39, 0.29) is 24.4 Å². The minimum atomic E-state index is 0. The number of halogens is 2. The summed E-state index contributed by atoms with van der Waals surface area (Å²) in [5, 5.41) is 3.47. The Kier molecular flexibility index (Phi) is 6.42. The Morgan fingerprint density at radius 3 is 2.95 bits per heavy atom. The van der Waals surface area contributed by atoms with Crippen molar-refractivity contribution in [3.8, 4) is 5.75 Å². The van der Waals surface area contributed by atoms with Gasteiger partial charge in [0.25, 0.3) is 0 Å². The van der Waals surface area contributed by atoms with Crippen molar-refractivity contribution in [2.45, 2.75) is 12.5 Å². The summed E-state index contributed by atoms with van der Waals surface area (Å²) in [6.45, 7) is 1.75. The molecule has 1 fully saturated rings. The van der Waals surface area contributed by atoms with Gasteiger partial charge in [0.05, 0.1) is 18.1 Å². The van der Waals surface area contributed by atoms with E-state index >= 15 is 0 Å². The van der Waals surface area contributed by atoms with Crippen molar-refractivity contribution in [2.75, 3.05) is 26.7 Å². The normalized spacial score (nSPS) is 18.0. The summed E-state index contributed by atoms with van der Waals surface area (Å²) in [5.41, 5.74) is 0. The molecule has 2 rings (SSSR count). The Morgan fingerprint density at radius 2 is 2.26 bits per heavy atom. The van der Waals surface area contributed by atoms with E-state index in [2.05, 4.69) is 5.32 Å². The van der Waals surface area contributed by atoms with Crippen LogP contribution in [0.3, 0.4) is 0 Å². The number of ether oxygens (including phenoxy) is 1. The summed E-state index contributed by atoms with van der Waals surface area (Å²) >= 11 is 6.04. The second-order valence-corrected chi connectivity index (χ2v) is 4.74. The minimum absolute atomic E-state index is 0. The highest BCUT2D eigenvalue weighted by atomic mass is 35.5. The number of carbonyl (C=O) groups is 1. The van der Waals surface area contributed by atoms with Crippen molar-refractivity contribution in [2.24, 2.45) is 0 Å². The lowest BCUT2D eigenvalue weighted by Gasteiger charge is -2.17. The van der Waals surface area contributed by atoms with Crippen LogP contribution in [0.15, 0.2) is 24.3 Å². The average molecular weight is 305 g/mol. The molecule has 1 N–H and O–H groups in total. The topological polar surface area (TPSA) is 41.6 Å². The maximum atomic E-state index is 11.7. The maximum Gasteiger partial charge on any atom is 0.236 e. The monoisotopic (exact) mass is 304 g/mol. The Labute approximate surface area is 124 Å². The first kappa shape index (κ1) is 16.1. The number of likely N-dealkylation sites (tertiary alicyclic amines) is 1. The number of likely N-dealkylation sites (N-methyl/N-ethyl adjacent to an activating group) is 1. The van der Waals surface area contributed by atoms with Crippen LogP contribution in [0.5, 0.6) is 5.75 Å². The Bertz CT molecular complexity index is 429. The molecule has 0 radical (unpaired) electrons. The molecule has 6 heteroatoms. The van der Waals surface area contributed by atoms with E-state index < -0.39 is 0 Å². The molecule has 0 aromatic heterocycles. The lowest BCUT2D eigenvalue weighted by molar-refractivity contribution is -0.129. The number of hydrogen-bond acceptors (Lipinski definition) is 3. The molecule has 1 saturated heterocycles. The number of nitrogens with zero attached hydrogens (tertiary/aromatic N) is 1. The highest BCUT2D eigenvalue weighted by Crippen LogP contribution is 2.26. The zero-order chi connectivity index (χ0) is 13.0. The Hall–Kier alpha value is -0.970. The number of carbonyl (C=O) groups excluding carboxylic acids is 1. The molecule has 1 heterocycles. The number of benzene rings is 1. The second-order valence-electron chi connectivity index (χ2n) is 4.33. The summed E-state index contributed by atoms with van der Waals surface area (Å²) < 4.78 is 5.82. The van der Waals surface area contributed by atoms with Crippen LogP contribution in [0.1, 0.15) is 6.42 Å². The highest BCUT2D eigenvalue weighted by molar-refractivity contribution is 6.32. The Morgan fingerprint density at radius 1 is 1.53 bits per heavy atom. The molecule has 1 aliphatic rings. The van der Waals surface area contributed by atoms with Gasteiger partial charge in [0.1, 0.15) is 11.9 Å². The molecular weight excluding hydrogens is 287 g/mol. The van der Waals surface area contributed by atoms with Crippen LogP contribution < -0.4 is 10.1 Å². The van der Waals surface area contributed by atoms with Crippen molar-refractivity contribution in [1.29, 1.82) is 0 Å². The second kappa shape index (κ2) is 7.58. The molecule has 0 bridgehead atoms. The first-order valence-electron chi connectivity index (χ1n) is 6.04. The van der Waals surface area contributed by atoms with Gasteiger partial charge in [-0.3, -0.25) is 4.79 Å². The molecule has 1 aromatic rings. The fraction of sp³-hybridized carbons (Fsp3) is 0.462. The molecule has 0 spiro atoms. The van der Waals surface area contributed by atoms with Gasteiger partial charge in [-0.2, -0.15) is 0 Å². The minimum Gasteiger partial charge on any atom is -0.487 e. The van der Waals surface area contributed by atoms with Crippen molar-refractivity contribution in [3.63, 3.8) is 0 Å².